The summed E-state index contributed by atoms with van der Waals surface area (Å²) >= 11 is 0. The van der Waals surface area contributed by atoms with E-state index < -0.39 is 12.1 Å². The first-order valence-electron chi connectivity index (χ1n) is 7.14. The number of alkyl halides is 1. The van der Waals surface area contributed by atoms with Gasteiger partial charge in [0.25, 0.3) is 0 Å². The lowest BCUT2D eigenvalue weighted by Crippen LogP contribution is -2.31. The molecule has 1 aliphatic carbocycles. The third-order valence-corrected chi connectivity index (χ3v) is 3.72. The number of hydrogen-bond donors (Lipinski definition) is 1. The van der Waals surface area contributed by atoms with E-state index in [4.69, 9.17) is 0 Å². The molecule has 0 saturated heterocycles. The van der Waals surface area contributed by atoms with E-state index in [9.17, 15) is 13.6 Å². The Labute approximate surface area is 126 Å². The van der Waals surface area contributed by atoms with Gasteiger partial charge in [-0.05, 0) is 37.6 Å². The summed E-state index contributed by atoms with van der Waals surface area (Å²) in [5, 5.41) is 10.8. The molecule has 116 valence electrons. The van der Waals surface area contributed by atoms with Crippen LogP contribution in [0.1, 0.15) is 19.4 Å². The maximum absolute atomic E-state index is 12.9. The van der Waals surface area contributed by atoms with Crippen LogP contribution in [0.5, 0.6) is 0 Å². The number of nitrogens with one attached hydrogen (secondary N) is 1. The minimum Gasteiger partial charge on any atom is -0.354 e. The van der Waals surface area contributed by atoms with Gasteiger partial charge in [0.05, 0.1) is 18.2 Å². The van der Waals surface area contributed by atoms with Crippen LogP contribution < -0.4 is 5.32 Å². The SMILES string of the molecule is CC(CNC(=O)[C@@H]1C[C@@H]1F)n1cc(-c2ccc(F)cc2)nn1. The van der Waals surface area contributed by atoms with E-state index in [-0.39, 0.29) is 17.8 Å². The topological polar surface area (TPSA) is 59.8 Å². The van der Waals surface area contributed by atoms with Crippen molar-refractivity contribution < 1.29 is 13.6 Å². The van der Waals surface area contributed by atoms with Gasteiger partial charge in [-0.2, -0.15) is 0 Å². The van der Waals surface area contributed by atoms with E-state index >= 15 is 0 Å². The van der Waals surface area contributed by atoms with E-state index in [2.05, 4.69) is 15.6 Å². The summed E-state index contributed by atoms with van der Waals surface area (Å²) in [7, 11) is 0. The zero-order chi connectivity index (χ0) is 15.7. The average molecular weight is 306 g/mol. The fourth-order valence-corrected chi connectivity index (χ4v) is 2.15. The number of carbonyl (C=O) groups excluding carboxylic acids is 1. The Kier molecular flexibility index (Phi) is 3.87. The number of halogens is 2. The Morgan fingerprint density at radius 3 is 2.77 bits per heavy atom. The van der Waals surface area contributed by atoms with Gasteiger partial charge >= 0.3 is 0 Å². The number of benzene rings is 1. The zero-order valence-corrected chi connectivity index (χ0v) is 12.0. The van der Waals surface area contributed by atoms with Crippen LogP contribution in [0.4, 0.5) is 8.78 Å². The molecule has 1 aromatic heterocycles. The first kappa shape index (κ1) is 14.6. The third kappa shape index (κ3) is 3.13. The molecule has 1 aromatic carbocycles. The van der Waals surface area contributed by atoms with Gasteiger partial charge in [0.15, 0.2) is 0 Å². The van der Waals surface area contributed by atoms with Crippen molar-refractivity contribution in [3.05, 3.63) is 36.3 Å². The Morgan fingerprint density at radius 1 is 1.45 bits per heavy atom. The van der Waals surface area contributed by atoms with Crippen LogP contribution in [0, 0.1) is 11.7 Å². The second-order valence-corrected chi connectivity index (χ2v) is 5.54. The van der Waals surface area contributed by atoms with E-state index in [1.165, 1.54) is 12.1 Å². The van der Waals surface area contributed by atoms with Crippen molar-refractivity contribution in [1.29, 1.82) is 0 Å². The van der Waals surface area contributed by atoms with Crippen LogP contribution in [0.2, 0.25) is 0 Å². The van der Waals surface area contributed by atoms with Crippen molar-refractivity contribution in [2.75, 3.05) is 6.54 Å². The van der Waals surface area contributed by atoms with Crippen LogP contribution >= 0.6 is 0 Å². The summed E-state index contributed by atoms with van der Waals surface area (Å²) in [5.41, 5.74) is 1.39. The van der Waals surface area contributed by atoms with Gasteiger partial charge in [-0.25, -0.2) is 13.5 Å². The van der Waals surface area contributed by atoms with Gasteiger partial charge < -0.3 is 5.32 Å². The van der Waals surface area contributed by atoms with Crippen molar-refractivity contribution >= 4 is 5.91 Å². The molecule has 7 heteroatoms. The summed E-state index contributed by atoms with van der Waals surface area (Å²) in [5.74, 6) is -1.05. The molecule has 1 fully saturated rings. The molecule has 0 spiro atoms. The van der Waals surface area contributed by atoms with Crippen molar-refractivity contribution in [1.82, 2.24) is 20.3 Å². The van der Waals surface area contributed by atoms with E-state index in [1.807, 2.05) is 6.92 Å². The summed E-state index contributed by atoms with van der Waals surface area (Å²) in [6.07, 6.45) is 1.06. The average Bonchev–Trinajstić information content (AvgIpc) is 3.04. The Morgan fingerprint density at radius 2 is 2.14 bits per heavy atom. The van der Waals surface area contributed by atoms with Gasteiger partial charge in [0.1, 0.15) is 17.7 Å². The molecule has 1 heterocycles. The molecule has 0 radical (unpaired) electrons. The number of amides is 1. The maximum atomic E-state index is 12.9. The summed E-state index contributed by atoms with van der Waals surface area (Å²) in [6, 6.07) is 5.87. The van der Waals surface area contributed by atoms with Gasteiger partial charge in [0, 0.05) is 12.1 Å². The first-order chi connectivity index (χ1) is 10.5. The second kappa shape index (κ2) is 5.82. The monoisotopic (exact) mass is 306 g/mol. The quantitative estimate of drug-likeness (QED) is 0.920. The molecule has 0 bridgehead atoms. The molecule has 3 rings (SSSR count). The Balaban J connectivity index is 1.60. The number of aromatic nitrogens is 3. The predicted molar refractivity (Wildman–Crippen MR) is 76.1 cm³/mol. The Bertz CT molecular complexity index is 670. The molecular formula is C15H16F2N4O. The van der Waals surface area contributed by atoms with E-state index in [1.54, 1.807) is 23.0 Å². The van der Waals surface area contributed by atoms with Crippen molar-refractivity contribution in [2.45, 2.75) is 25.6 Å². The molecule has 1 amide bonds. The van der Waals surface area contributed by atoms with Gasteiger partial charge in [-0.15, -0.1) is 5.10 Å². The summed E-state index contributed by atoms with van der Waals surface area (Å²) in [6.45, 7) is 2.23. The standard InChI is InChI=1S/C15H16F2N4O/c1-9(7-18-15(22)12-6-13(12)17)21-8-14(19-20-21)10-2-4-11(16)5-3-10/h2-5,8-9,12-13H,6-7H2,1H3,(H,18,22)/t9?,12-,13+/m1/s1. The molecule has 1 N–H and O–H groups in total. The number of rotatable bonds is 5. The molecule has 1 unspecified atom stereocenters. The van der Waals surface area contributed by atoms with Crippen LogP contribution in [0.3, 0.4) is 0 Å². The van der Waals surface area contributed by atoms with Crippen molar-refractivity contribution in [2.24, 2.45) is 5.92 Å². The van der Waals surface area contributed by atoms with Crippen LogP contribution in [-0.2, 0) is 4.79 Å². The van der Waals surface area contributed by atoms with Crippen LogP contribution in [0.25, 0.3) is 11.3 Å². The molecule has 1 saturated carbocycles. The molecule has 0 aliphatic heterocycles. The highest BCUT2D eigenvalue weighted by atomic mass is 19.1. The summed E-state index contributed by atoms with van der Waals surface area (Å²) in [4.78, 5) is 11.6. The van der Waals surface area contributed by atoms with Gasteiger partial charge in [0.2, 0.25) is 5.91 Å². The fraction of sp³-hybridized carbons (Fsp3) is 0.400. The molecular weight excluding hydrogens is 290 g/mol. The minimum absolute atomic E-state index is 0.109. The lowest BCUT2D eigenvalue weighted by Gasteiger charge is -2.12. The number of hydrogen-bond acceptors (Lipinski definition) is 3. The lowest BCUT2D eigenvalue weighted by atomic mass is 10.2. The predicted octanol–water partition coefficient (Wildman–Crippen LogP) is 2.12. The third-order valence-electron chi connectivity index (χ3n) is 3.72. The molecule has 3 atom stereocenters. The molecule has 1 aliphatic rings. The number of carbonyl (C=O) groups is 1. The largest absolute Gasteiger partial charge is 0.354 e. The smallest absolute Gasteiger partial charge is 0.226 e. The summed E-state index contributed by atoms with van der Waals surface area (Å²) < 4.78 is 27.3. The van der Waals surface area contributed by atoms with Crippen LogP contribution in [-0.4, -0.2) is 33.6 Å². The maximum Gasteiger partial charge on any atom is 0.226 e. The molecule has 2 aromatic rings. The van der Waals surface area contributed by atoms with Gasteiger partial charge in [-0.1, -0.05) is 5.21 Å². The highest BCUT2D eigenvalue weighted by Crippen LogP contribution is 2.33. The van der Waals surface area contributed by atoms with E-state index in [0.29, 0.717) is 18.7 Å². The Hall–Kier alpha value is -2.31. The normalized spacial score (nSPS) is 21.4. The van der Waals surface area contributed by atoms with Crippen molar-refractivity contribution in [3.8, 4) is 11.3 Å². The second-order valence-electron chi connectivity index (χ2n) is 5.54. The van der Waals surface area contributed by atoms with Crippen molar-refractivity contribution in [3.63, 3.8) is 0 Å². The lowest BCUT2D eigenvalue weighted by molar-refractivity contribution is -0.122. The highest BCUT2D eigenvalue weighted by Gasteiger charge is 2.43. The fourth-order valence-electron chi connectivity index (χ4n) is 2.15. The van der Waals surface area contributed by atoms with Gasteiger partial charge in [-0.3, -0.25) is 4.79 Å². The zero-order valence-electron chi connectivity index (χ0n) is 12.0. The molecule has 22 heavy (non-hydrogen) atoms. The van der Waals surface area contributed by atoms with E-state index in [0.717, 1.165) is 5.56 Å². The van der Waals surface area contributed by atoms with Crippen LogP contribution in [0.15, 0.2) is 30.5 Å². The number of nitrogens with zero attached hydrogens (tertiary/aromatic N) is 3. The first-order valence-corrected chi connectivity index (χ1v) is 7.14. The highest BCUT2D eigenvalue weighted by molar-refractivity contribution is 5.82. The molecule has 5 nitrogen and oxygen atoms in total. The minimum atomic E-state index is -0.994.